The number of benzene rings is 2. The molecule has 1 fully saturated rings. The van der Waals surface area contributed by atoms with Crippen molar-refractivity contribution in [3.8, 4) is 0 Å². The molecule has 1 unspecified atom stereocenters. The highest BCUT2D eigenvalue weighted by Gasteiger charge is 2.39. The second-order valence-electron chi connectivity index (χ2n) is 7.47. The molecule has 1 aromatic heterocycles. The van der Waals surface area contributed by atoms with Gasteiger partial charge in [0.1, 0.15) is 6.04 Å². The van der Waals surface area contributed by atoms with Crippen LogP contribution in [0.5, 0.6) is 0 Å². The molecule has 1 aliphatic heterocycles. The van der Waals surface area contributed by atoms with Crippen molar-refractivity contribution in [1.82, 2.24) is 14.5 Å². The van der Waals surface area contributed by atoms with E-state index in [1.54, 1.807) is 11.8 Å². The summed E-state index contributed by atoms with van der Waals surface area (Å²) in [7, 11) is -3.84. The zero-order valence-corrected chi connectivity index (χ0v) is 20.3. The molecule has 0 radical (unpaired) electrons. The minimum Gasteiger partial charge on any atom is -0.407 e. The van der Waals surface area contributed by atoms with Gasteiger partial charge in [-0.3, -0.25) is 10.1 Å². The summed E-state index contributed by atoms with van der Waals surface area (Å²) in [5, 5.41) is 10.9. The summed E-state index contributed by atoms with van der Waals surface area (Å²) >= 11 is 7.63. The zero-order chi connectivity index (χ0) is 23.4. The van der Waals surface area contributed by atoms with Gasteiger partial charge in [-0.25, -0.2) is 8.42 Å². The van der Waals surface area contributed by atoms with Gasteiger partial charge < -0.3 is 4.42 Å². The lowest BCUT2D eigenvalue weighted by Gasteiger charge is -2.22. The minimum atomic E-state index is -3.84. The van der Waals surface area contributed by atoms with E-state index in [1.807, 2.05) is 24.3 Å². The Bertz CT molecular complexity index is 1210. The monoisotopic (exact) mass is 506 g/mol. The largest absolute Gasteiger partial charge is 0.407 e. The van der Waals surface area contributed by atoms with Crippen LogP contribution in [0, 0.1) is 0 Å². The predicted octanol–water partition coefficient (Wildman–Crippen LogP) is 4.22. The molecule has 33 heavy (non-hydrogen) atoms. The summed E-state index contributed by atoms with van der Waals surface area (Å²) in [6.45, 7) is 2.36. The highest BCUT2D eigenvalue weighted by atomic mass is 35.5. The summed E-state index contributed by atoms with van der Waals surface area (Å²) in [6.07, 6.45) is 1.41. The van der Waals surface area contributed by atoms with Crippen LogP contribution < -0.4 is 5.32 Å². The Hall–Kier alpha value is -2.40. The number of anilines is 1. The average Bonchev–Trinajstić information content (AvgIpc) is 3.46. The number of nitrogens with one attached hydrogen (secondary N) is 1. The Labute approximate surface area is 201 Å². The number of hydrogen-bond acceptors (Lipinski definition) is 7. The molecule has 1 N–H and O–H groups in total. The molecule has 1 saturated heterocycles. The van der Waals surface area contributed by atoms with Gasteiger partial charge in [0.05, 0.1) is 11.3 Å². The standard InChI is InChI=1S/C22H23ClN4O4S2/c1-2-32-17-9-5-15(6-10-17)14-20-25-26-22(31-20)24-21(28)19-4-3-13-27(19)33(29,30)18-11-7-16(23)8-12-18/h5-12,19H,2-4,13-14H2,1H3,(H,24,26,28). The summed E-state index contributed by atoms with van der Waals surface area (Å²) in [6, 6.07) is 13.1. The van der Waals surface area contributed by atoms with Gasteiger partial charge in [-0.05, 0) is 60.6 Å². The highest BCUT2D eigenvalue weighted by molar-refractivity contribution is 7.99. The number of nitrogens with zero attached hydrogens (tertiary/aromatic N) is 3. The second-order valence-corrected chi connectivity index (χ2v) is 11.1. The van der Waals surface area contributed by atoms with Gasteiger partial charge in [0, 0.05) is 16.5 Å². The first-order valence-electron chi connectivity index (χ1n) is 10.5. The lowest BCUT2D eigenvalue weighted by molar-refractivity contribution is -0.119. The summed E-state index contributed by atoms with van der Waals surface area (Å²) < 4.78 is 32.8. The fraction of sp³-hybridized carbons (Fsp3) is 0.318. The van der Waals surface area contributed by atoms with Crippen LogP contribution in [0.2, 0.25) is 5.02 Å². The summed E-state index contributed by atoms with van der Waals surface area (Å²) in [5.41, 5.74) is 1.01. The normalized spacial score (nSPS) is 16.7. The van der Waals surface area contributed by atoms with Crippen LogP contribution in [0.3, 0.4) is 0 Å². The number of thioether (sulfide) groups is 1. The van der Waals surface area contributed by atoms with Crippen LogP contribution in [0.1, 0.15) is 31.2 Å². The number of carbonyl (C=O) groups is 1. The Morgan fingerprint density at radius 2 is 1.91 bits per heavy atom. The lowest BCUT2D eigenvalue weighted by atomic mass is 10.1. The van der Waals surface area contributed by atoms with Crippen LogP contribution in [-0.4, -0.2) is 47.2 Å². The maximum atomic E-state index is 13.0. The molecule has 1 amide bonds. The molecule has 0 bridgehead atoms. The second kappa shape index (κ2) is 10.3. The van der Waals surface area contributed by atoms with Crippen LogP contribution in [-0.2, 0) is 21.2 Å². The third kappa shape index (κ3) is 5.57. The Kier molecular flexibility index (Phi) is 7.38. The number of amides is 1. The first-order valence-corrected chi connectivity index (χ1v) is 13.3. The fourth-order valence-corrected chi connectivity index (χ4v) is 6.09. The number of rotatable bonds is 8. The van der Waals surface area contributed by atoms with E-state index in [4.69, 9.17) is 16.0 Å². The molecule has 3 aromatic rings. The molecule has 2 heterocycles. The third-order valence-corrected chi connectivity index (χ3v) is 8.28. The molecule has 2 aromatic carbocycles. The third-order valence-electron chi connectivity index (χ3n) is 5.21. The molecular weight excluding hydrogens is 484 g/mol. The highest BCUT2D eigenvalue weighted by Crippen LogP contribution is 2.28. The topological polar surface area (TPSA) is 105 Å². The van der Waals surface area contributed by atoms with Gasteiger partial charge >= 0.3 is 6.01 Å². The van der Waals surface area contributed by atoms with Crippen molar-refractivity contribution in [3.05, 3.63) is 65.0 Å². The number of halogens is 1. The van der Waals surface area contributed by atoms with Gasteiger partial charge in [0.15, 0.2) is 0 Å². The smallest absolute Gasteiger partial charge is 0.322 e. The number of hydrogen-bond donors (Lipinski definition) is 1. The number of carbonyl (C=O) groups excluding carboxylic acids is 1. The molecule has 1 atom stereocenters. The molecule has 0 spiro atoms. The van der Waals surface area contributed by atoms with E-state index in [9.17, 15) is 13.2 Å². The summed E-state index contributed by atoms with van der Waals surface area (Å²) in [5.74, 6) is 0.866. The SMILES string of the molecule is CCSc1ccc(Cc2nnc(NC(=O)C3CCCN3S(=O)(=O)c3ccc(Cl)cc3)o2)cc1. The molecule has 8 nitrogen and oxygen atoms in total. The summed E-state index contributed by atoms with van der Waals surface area (Å²) in [4.78, 5) is 14.1. The van der Waals surface area contributed by atoms with Gasteiger partial charge in [0.2, 0.25) is 21.8 Å². The molecule has 174 valence electrons. The maximum Gasteiger partial charge on any atom is 0.322 e. The Morgan fingerprint density at radius 3 is 2.61 bits per heavy atom. The van der Waals surface area contributed by atoms with Crippen LogP contribution in [0.15, 0.2) is 62.7 Å². The van der Waals surface area contributed by atoms with Crippen LogP contribution in [0.4, 0.5) is 6.01 Å². The molecular formula is C22H23ClN4O4S2. The minimum absolute atomic E-state index is 0.0519. The van der Waals surface area contributed by atoms with E-state index in [0.29, 0.717) is 30.2 Å². The van der Waals surface area contributed by atoms with E-state index in [-0.39, 0.29) is 17.5 Å². The van der Waals surface area contributed by atoms with E-state index >= 15 is 0 Å². The van der Waals surface area contributed by atoms with Crippen molar-refractivity contribution < 1.29 is 17.6 Å². The van der Waals surface area contributed by atoms with Crippen molar-refractivity contribution >= 4 is 45.3 Å². The fourth-order valence-electron chi connectivity index (χ4n) is 3.64. The van der Waals surface area contributed by atoms with Gasteiger partial charge in [-0.15, -0.1) is 16.9 Å². The van der Waals surface area contributed by atoms with Crippen molar-refractivity contribution in [3.63, 3.8) is 0 Å². The lowest BCUT2D eigenvalue weighted by Crippen LogP contribution is -2.43. The first-order chi connectivity index (χ1) is 15.9. The van der Waals surface area contributed by atoms with E-state index in [2.05, 4.69) is 22.4 Å². The van der Waals surface area contributed by atoms with Gasteiger partial charge in [-0.2, -0.15) is 4.31 Å². The maximum absolute atomic E-state index is 13.0. The number of sulfonamides is 1. The van der Waals surface area contributed by atoms with E-state index < -0.39 is 22.0 Å². The Balaban J connectivity index is 1.41. The molecule has 0 saturated carbocycles. The molecule has 1 aliphatic rings. The van der Waals surface area contributed by atoms with Gasteiger partial charge in [-0.1, -0.05) is 35.8 Å². The molecule has 11 heteroatoms. The van der Waals surface area contributed by atoms with Crippen molar-refractivity contribution in [2.75, 3.05) is 17.6 Å². The zero-order valence-electron chi connectivity index (χ0n) is 17.9. The van der Waals surface area contributed by atoms with E-state index in [0.717, 1.165) is 11.3 Å². The average molecular weight is 507 g/mol. The van der Waals surface area contributed by atoms with Crippen LogP contribution in [0.25, 0.3) is 0 Å². The predicted molar refractivity (Wildman–Crippen MR) is 127 cm³/mol. The van der Waals surface area contributed by atoms with Crippen LogP contribution >= 0.6 is 23.4 Å². The van der Waals surface area contributed by atoms with Crippen molar-refractivity contribution in [2.45, 2.75) is 42.0 Å². The Morgan fingerprint density at radius 1 is 1.18 bits per heavy atom. The molecule has 4 rings (SSSR count). The molecule has 0 aliphatic carbocycles. The number of aromatic nitrogens is 2. The van der Waals surface area contributed by atoms with Crippen molar-refractivity contribution in [1.29, 1.82) is 0 Å². The van der Waals surface area contributed by atoms with E-state index in [1.165, 1.54) is 33.5 Å². The quantitative estimate of drug-likeness (QED) is 0.456. The van der Waals surface area contributed by atoms with Crippen molar-refractivity contribution in [2.24, 2.45) is 0 Å². The van der Waals surface area contributed by atoms with Gasteiger partial charge in [0.25, 0.3) is 0 Å². The first kappa shape index (κ1) is 23.7.